The number of nitrogens with zero attached hydrogens (tertiary/aromatic N) is 1. The largest absolute Gasteiger partial charge is 0.507 e. The lowest BCUT2D eigenvalue weighted by Crippen LogP contribution is -2.21. The number of carboxylic acids is 1. The molecule has 130 valence electrons. The van der Waals surface area contributed by atoms with Gasteiger partial charge in [-0.2, -0.15) is 5.10 Å². The fourth-order valence-electron chi connectivity index (χ4n) is 2.57. The number of hydrogen-bond acceptors (Lipinski definition) is 4. The summed E-state index contributed by atoms with van der Waals surface area (Å²) in [5, 5.41) is 24.7. The first kappa shape index (κ1) is 17.4. The maximum absolute atomic E-state index is 12.3. The number of aromatic hydroxyl groups is 1. The van der Waals surface area contributed by atoms with Crippen LogP contribution in [-0.4, -0.2) is 28.3 Å². The number of hydrogen-bond donors (Lipinski definition) is 3. The first-order valence-electron chi connectivity index (χ1n) is 7.55. The third-order valence-corrected chi connectivity index (χ3v) is 4.09. The van der Waals surface area contributed by atoms with Crippen molar-refractivity contribution in [2.75, 3.05) is 0 Å². The molecule has 0 aliphatic rings. The monoisotopic (exact) mass is 368 g/mol. The molecule has 3 N–H and O–H groups in total. The molecule has 0 saturated heterocycles. The number of carbonyl (C=O) groups excluding carboxylic acids is 1. The van der Waals surface area contributed by atoms with Gasteiger partial charge in [-0.25, -0.2) is 10.2 Å². The summed E-state index contributed by atoms with van der Waals surface area (Å²) in [5.74, 6) is -2.02. The molecule has 0 fully saturated rings. The molecule has 0 aromatic heterocycles. The molecular formula is C19H13ClN2O4. The van der Waals surface area contributed by atoms with Crippen molar-refractivity contribution in [3.05, 3.63) is 76.3 Å². The van der Waals surface area contributed by atoms with Crippen LogP contribution >= 0.6 is 11.6 Å². The van der Waals surface area contributed by atoms with Gasteiger partial charge in [-0.05, 0) is 29.0 Å². The van der Waals surface area contributed by atoms with Crippen LogP contribution in [0.2, 0.25) is 5.02 Å². The van der Waals surface area contributed by atoms with Gasteiger partial charge in [-0.15, -0.1) is 0 Å². The van der Waals surface area contributed by atoms with E-state index < -0.39 is 11.9 Å². The van der Waals surface area contributed by atoms with E-state index in [1.807, 2.05) is 24.3 Å². The Kier molecular flexibility index (Phi) is 4.86. The van der Waals surface area contributed by atoms with Crippen molar-refractivity contribution < 1.29 is 19.8 Å². The number of rotatable bonds is 4. The van der Waals surface area contributed by atoms with Crippen molar-refractivity contribution in [2.45, 2.75) is 0 Å². The van der Waals surface area contributed by atoms with Gasteiger partial charge >= 0.3 is 5.97 Å². The molecule has 7 heteroatoms. The topological polar surface area (TPSA) is 99.0 Å². The van der Waals surface area contributed by atoms with Crippen LogP contribution in [0.3, 0.4) is 0 Å². The van der Waals surface area contributed by atoms with Crippen LogP contribution in [0.15, 0.2) is 59.7 Å². The predicted molar refractivity (Wildman–Crippen MR) is 99.1 cm³/mol. The molecular weight excluding hydrogens is 356 g/mol. The fraction of sp³-hybridized carbons (Fsp3) is 0. The van der Waals surface area contributed by atoms with Crippen LogP contribution < -0.4 is 5.43 Å². The lowest BCUT2D eigenvalue weighted by Gasteiger charge is -2.07. The molecule has 1 amide bonds. The van der Waals surface area contributed by atoms with E-state index in [1.165, 1.54) is 30.5 Å². The Labute approximate surface area is 153 Å². The Morgan fingerprint density at radius 1 is 1.04 bits per heavy atom. The third-order valence-electron chi connectivity index (χ3n) is 3.78. The maximum atomic E-state index is 12.3. The van der Waals surface area contributed by atoms with E-state index >= 15 is 0 Å². The number of aromatic carboxylic acids is 1. The first-order valence-corrected chi connectivity index (χ1v) is 7.92. The number of carboxylic acid groups (broad SMARTS) is 1. The van der Waals surface area contributed by atoms with Gasteiger partial charge < -0.3 is 10.2 Å². The molecule has 0 aliphatic carbocycles. The minimum absolute atomic E-state index is 0.00989. The lowest BCUT2D eigenvalue weighted by atomic mass is 10.0. The molecule has 0 bridgehead atoms. The summed E-state index contributed by atoms with van der Waals surface area (Å²) in [6, 6.07) is 14.9. The molecule has 0 spiro atoms. The second-order valence-corrected chi connectivity index (χ2v) is 5.79. The fourth-order valence-corrected chi connectivity index (χ4v) is 2.82. The van der Waals surface area contributed by atoms with E-state index in [-0.39, 0.29) is 21.9 Å². The standard InChI is InChI=1S/C19H13ClN2O4/c20-15-7-3-6-13(17(15)19(25)26)18(24)22-21-10-14-12-5-2-1-4-11(12)8-9-16(14)23/h1-10,23H,(H,22,24)(H,25,26). The SMILES string of the molecule is O=C(NN=Cc1c(O)ccc2ccccc12)c1cccc(Cl)c1C(=O)O. The second-order valence-electron chi connectivity index (χ2n) is 5.39. The number of halogens is 1. The molecule has 0 atom stereocenters. The smallest absolute Gasteiger partial charge is 0.338 e. The lowest BCUT2D eigenvalue weighted by molar-refractivity contribution is 0.0691. The number of phenolic OH excluding ortho intramolecular Hbond substituents is 1. The zero-order valence-electron chi connectivity index (χ0n) is 13.3. The van der Waals surface area contributed by atoms with Crippen molar-refractivity contribution in [3.63, 3.8) is 0 Å². The highest BCUT2D eigenvalue weighted by Crippen LogP contribution is 2.25. The average molecular weight is 369 g/mol. The molecule has 0 heterocycles. The molecule has 0 unspecified atom stereocenters. The quantitative estimate of drug-likeness (QED) is 0.483. The van der Waals surface area contributed by atoms with Crippen molar-refractivity contribution in [2.24, 2.45) is 5.10 Å². The summed E-state index contributed by atoms with van der Waals surface area (Å²) in [7, 11) is 0. The van der Waals surface area contributed by atoms with Crippen LogP contribution in [0.4, 0.5) is 0 Å². The summed E-state index contributed by atoms with van der Waals surface area (Å²) in [6.07, 6.45) is 1.31. The van der Waals surface area contributed by atoms with Crippen LogP contribution in [0.1, 0.15) is 26.3 Å². The van der Waals surface area contributed by atoms with Crippen molar-refractivity contribution in [1.29, 1.82) is 0 Å². The Bertz CT molecular complexity index is 1050. The number of carbonyl (C=O) groups is 2. The summed E-state index contributed by atoms with van der Waals surface area (Å²) in [5.41, 5.74) is 2.29. The summed E-state index contributed by atoms with van der Waals surface area (Å²) in [4.78, 5) is 23.5. The molecule has 6 nitrogen and oxygen atoms in total. The Morgan fingerprint density at radius 3 is 2.58 bits per heavy atom. The zero-order chi connectivity index (χ0) is 18.7. The minimum atomic E-state index is -1.31. The summed E-state index contributed by atoms with van der Waals surface area (Å²) >= 11 is 5.85. The van der Waals surface area contributed by atoms with Crippen molar-refractivity contribution in [1.82, 2.24) is 5.43 Å². The van der Waals surface area contributed by atoms with E-state index in [1.54, 1.807) is 6.07 Å². The Balaban J connectivity index is 1.89. The van der Waals surface area contributed by atoms with Gasteiger partial charge in [0.25, 0.3) is 5.91 Å². The van der Waals surface area contributed by atoms with Crippen LogP contribution in [0, 0.1) is 0 Å². The first-order chi connectivity index (χ1) is 12.5. The molecule has 3 rings (SSSR count). The Hall–Kier alpha value is -3.38. The van der Waals surface area contributed by atoms with Crippen LogP contribution in [-0.2, 0) is 0 Å². The minimum Gasteiger partial charge on any atom is -0.507 e. The van der Waals surface area contributed by atoms with Crippen LogP contribution in [0.25, 0.3) is 10.8 Å². The van der Waals surface area contributed by atoms with Gasteiger partial charge in [0.2, 0.25) is 0 Å². The highest BCUT2D eigenvalue weighted by atomic mass is 35.5. The number of hydrazone groups is 1. The number of nitrogens with one attached hydrogen (secondary N) is 1. The molecule has 0 aliphatic heterocycles. The van der Waals surface area contributed by atoms with Gasteiger partial charge in [0.1, 0.15) is 5.75 Å². The molecule has 0 saturated carbocycles. The predicted octanol–water partition coefficient (Wildman–Crippen LogP) is 3.66. The van der Waals surface area contributed by atoms with E-state index in [0.717, 1.165) is 10.8 Å². The highest BCUT2D eigenvalue weighted by Gasteiger charge is 2.19. The highest BCUT2D eigenvalue weighted by molar-refractivity contribution is 6.34. The number of fused-ring (bicyclic) bond motifs is 1. The third kappa shape index (κ3) is 3.36. The molecule has 3 aromatic rings. The molecule has 26 heavy (non-hydrogen) atoms. The molecule has 3 aromatic carbocycles. The van der Waals surface area contributed by atoms with Crippen molar-refractivity contribution in [3.8, 4) is 5.75 Å². The number of phenols is 1. The van der Waals surface area contributed by atoms with Crippen molar-refractivity contribution >= 4 is 40.5 Å². The van der Waals surface area contributed by atoms with Gasteiger partial charge in [0.15, 0.2) is 0 Å². The normalized spacial score (nSPS) is 11.0. The van der Waals surface area contributed by atoms with E-state index in [0.29, 0.717) is 5.56 Å². The van der Waals surface area contributed by atoms with E-state index in [9.17, 15) is 19.8 Å². The van der Waals surface area contributed by atoms with Gasteiger partial charge in [0.05, 0.1) is 22.4 Å². The summed E-state index contributed by atoms with van der Waals surface area (Å²) < 4.78 is 0. The maximum Gasteiger partial charge on any atom is 0.338 e. The zero-order valence-corrected chi connectivity index (χ0v) is 14.1. The second kappa shape index (κ2) is 7.25. The summed E-state index contributed by atoms with van der Waals surface area (Å²) in [6.45, 7) is 0. The average Bonchev–Trinajstić information content (AvgIpc) is 2.62. The number of amides is 1. The van der Waals surface area contributed by atoms with Gasteiger partial charge in [0, 0.05) is 5.56 Å². The van der Waals surface area contributed by atoms with Gasteiger partial charge in [-0.1, -0.05) is 48.0 Å². The Morgan fingerprint density at radius 2 is 1.81 bits per heavy atom. The molecule has 0 radical (unpaired) electrons. The van der Waals surface area contributed by atoms with E-state index in [2.05, 4.69) is 10.5 Å². The van der Waals surface area contributed by atoms with Crippen LogP contribution in [0.5, 0.6) is 5.75 Å². The van der Waals surface area contributed by atoms with Gasteiger partial charge in [-0.3, -0.25) is 4.79 Å². The van der Waals surface area contributed by atoms with E-state index in [4.69, 9.17) is 11.6 Å². The number of benzene rings is 3.